The van der Waals surface area contributed by atoms with Crippen molar-refractivity contribution >= 4 is 11.4 Å². The lowest BCUT2D eigenvalue weighted by Gasteiger charge is -2.40. The van der Waals surface area contributed by atoms with E-state index in [2.05, 4.69) is 36.4 Å². The molecule has 3 aliphatic carbocycles. The molecule has 48 heavy (non-hydrogen) atoms. The summed E-state index contributed by atoms with van der Waals surface area (Å²) in [5.74, 6) is 3.92. The molecule has 0 aliphatic heterocycles. The smallest absolute Gasteiger partial charge is 0.142 e. The van der Waals surface area contributed by atoms with Crippen LogP contribution in [0.2, 0.25) is 0 Å². The van der Waals surface area contributed by atoms with Crippen LogP contribution in [0.4, 0.5) is 11.4 Å². The lowest BCUT2D eigenvalue weighted by atomic mass is 9.64. The van der Waals surface area contributed by atoms with Gasteiger partial charge in [-0.1, -0.05) is 82.1 Å². The first kappa shape index (κ1) is 32.2. The summed E-state index contributed by atoms with van der Waals surface area (Å²) in [7, 11) is 0. The first-order valence-electron chi connectivity index (χ1n) is 18.2. The van der Waals surface area contributed by atoms with Gasteiger partial charge in [-0.05, 0) is 109 Å². The minimum Gasteiger partial charge on any atom is -0.506 e. The van der Waals surface area contributed by atoms with Gasteiger partial charge in [-0.3, -0.25) is 0 Å². The molecule has 0 atom stereocenters. The highest BCUT2D eigenvalue weighted by Gasteiger charge is 2.38. The Kier molecular flexibility index (Phi) is 9.43. The predicted molar refractivity (Wildman–Crippen MR) is 194 cm³/mol. The zero-order valence-electron chi connectivity index (χ0n) is 28.1. The number of phenols is 2. The summed E-state index contributed by atoms with van der Waals surface area (Å²) in [6, 6.07) is 24.2. The molecule has 0 bridgehead atoms. The van der Waals surface area contributed by atoms with Gasteiger partial charge in [0, 0.05) is 17.5 Å². The molecule has 0 radical (unpaired) electrons. The topological polar surface area (TPSA) is 111 Å². The Balaban J connectivity index is 1.30. The number of rotatable bonds is 8. The Morgan fingerprint density at radius 1 is 0.500 bits per heavy atom. The second-order valence-corrected chi connectivity index (χ2v) is 14.5. The third-order valence-corrected chi connectivity index (χ3v) is 11.4. The Morgan fingerprint density at radius 2 is 0.917 bits per heavy atom. The SMILES string of the molecule is Nc1ccc(Oc2ccc(C3(c4ccc(Oc5ccc(N)c(O)c5)c(C5CCCCC5)c4)CCCCC3)cc2C2CCCCC2)cc1O. The summed E-state index contributed by atoms with van der Waals surface area (Å²) in [4.78, 5) is 0. The van der Waals surface area contributed by atoms with Gasteiger partial charge >= 0.3 is 0 Å². The number of benzene rings is 4. The fourth-order valence-electron chi connectivity index (χ4n) is 8.67. The molecule has 7 rings (SSSR count). The van der Waals surface area contributed by atoms with Crippen molar-refractivity contribution in [2.24, 2.45) is 0 Å². The van der Waals surface area contributed by atoms with Crippen molar-refractivity contribution in [3.8, 4) is 34.5 Å². The van der Waals surface area contributed by atoms with Gasteiger partial charge in [-0.25, -0.2) is 0 Å². The summed E-state index contributed by atoms with van der Waals surface area (Å²) in [6.45, 7) is 0. The van der Waals surface area contributed by atoms with E-state index < -0.39 is 0 Å². The minimum absolute atomic E-state index is 0.0406. The van der Waals surface area contributed by atoms with Crippen molar-refractivity contribution in [2.75, 3.05) is 11.5 Å². The van der Waals surface area contributed by atoms with Crippen molar-refractivity contribution in [3.63, 3.8) is 0 Å². The van der Waals surface area contributed by atoms with Crippen LogP contribution in [-0.4, -0.2) is 10.2 Å². The molecule has 3 saturated carbocycles. The second-order valence-electron chi connectivity index (χ2n) is 14.5. The Bertz CT molecular complexity index is 1610. The number of ether oxygens (including phenoxy) is 2. The predicted octanol–water partition coefficient (Wildman–Crippen LogP) is 11.2. The molecular weight excluding hydrogens is 596 g/mol. The molecule has 6 nitrogen and oxygen atoms in total. The Labute approximate surface area is 285 Å². The molecule has 0 unspecified atom stereocenters. The molecular formula is C42H50N2O4. The maximum atomic E-state index is 10.3. The van der Waals surface area contributed by atoms with Gasteiger partial charge < -0.3 is 31.2 Å². The van der Waals surface area contributed by atoms with E-state index in [4.69, 9.17) is 20.9 Å². The average molecular weight is 647 g/mol. The van der Waals surface area contributed by atoms with Gasteiger partial charge in [-0.15, -0.1) is 0 Å². The largest absolute Gasteiger partial charge is 0.506 e. The zero-order chi connectivity index (χ0) is 33.1. The number of nitrogens with two attached hydrogens (primary N) is 2. The van der Waals surface area contributed by atoms with Crippen LogP contribution in [0.25, 0.3) is 0 Å². The van der Waals surface area contributed by atoms with Gasteiger partial charge in [0.15, 0.2) is 0 Å². The van der Waals surface area contributed by atoms with Crippen LogP contribution < -0.4 is 20.9 Å². The first-order chi connectivity index (χ1) is 23.4. The third kappa shape index (κ3) is 6.67. The van der Waals surface area contributed by atoms with Crippen LogP contribution in [0.15, 0.2) is 72.8 Å². The highest BCUT2D eigenvalue weighted by atomic mass is 16.5. The number of hydrogen-bond acceptors (Lipinski definition) is 6. The number of aromatic hydroxyl groups is 2. The maximum Gasteiger partial charge on any atom is 0.142 e. The maximum absolute atomic E-state index is 10.3. The van der Waals surface area contributed by atoms with E-state index in [-0.39, 0.29) is 16.9 Å². The van der Waals surface area contributed by atoms with Crippen LogP contribution in [0, 0.1) is 0 Å². The van der Waals surface area contributed by atoms with Gasteiger partial charge in [-0.2, -0.15) is 0 Å². The number of phenolic OH excluding ortho intramolecular Hbond substituents is 2. The zero-order valence-corrected chi connectivity index (χ0v) is 28.1. The fourth-order valence-corrected chi connectivity index (χ4v) is 8.67. The van der Waals surface area contributed by atoms with Crippen molar-refractivity contribution < 1.29 is 19.7 Å². The number of anilines is 2. The summed E-state index contributed by atoms with van der Waals surface area (Å²) in [5.41, 5.74) is 17.7. The van der Waals surface area contributed by atoms with E-state index in [1.54, 1.807) is 24.3 Å². The third-order valence-electron chi connectivity index (χ3n) is 11.4. The van der Waals surface area contributed by atoms with Crippen LogP contribution in [0.5, 0.6) is 34.5 Å². The van der Waals surface area contributed by atoms with Crippen molar-refractivity contribution in [3.05, 3.63) is 95.1 Å². The lowest BCUT2D eigenvalue weighted by Crippen LogP contribution is -2.31. The fraction of sp³-hybridized carbons (Fsp3) is 0.429. The van der Waals surface area contributed by atoms with E-state index in [0.29, 0.717) is 34.7 Å². The molecule has 0 aromatic heterocycles. The summed E-state index contributed by atoms with van der Waals surface area (Å²) >= 11 is 0. The summed E-state index contributed by atoms with van der Waals surface area (Å²) in [5, 5.41) is 20.6. The molecule has 4 aromatic rings. The monoisotopic (exact) mass is 646 g/mol. The summed E-state index contributed by atoms with van der Waals surface area (Å²) < 4.78 is 13.0. The molecule has 3 fully saturated rings. The standard InChI is InChI=1S/C42H50N2O4/c43-36-18-16-32(26-38(36)45)47-40-20-14-30(24-34(40)28-10-4-1-5-11-28)42(22-8-3-9-23-42)31-15-21-41(35(25-31)29-12-6-2-7-13-29)48-33-17-19-37(44)39(46)27-33/h14-21,24-29,45-46H,1-13,22-23,43-44H2. The number of hydrogen-bond donors (Lipinski definition) is 4. The van der Waals surface area contributed by atoms with Crippen molar-refractivity contribution in [2.45, 2.75) is 114 Å². The molecule has 0 spiro atoms. The van der Waals surface area contributed by atoms with Crippen LogP contribution >= 0.6 is 0 Å². The van der Waals surface area contributed by atoms with Gasteiger partial charge in [0.05, 0.1) is 11.4 Å². The average Bonchev–Trinajstić information content (AvgIpc) is 3.13. The van der Waals surface area contributed by atoms with Gasteiger partial charge in [0.25, 0.3) is 0 Å². The normalized spacial score (nSPS) is 18.8. The Morgan fingerprint density at radius 3 is 1.33 bits per heavy atom. The van der Waals surface area contributed by atoms with Crippen LogP contribution in [0.1, 0.15) is 130 Å². The van der Waals surface area contributed by atoms with Gasteiger partial charge in [0.2, 0.25) is 0 Å². The van der Waals surface area contributed by atoms with Crippen LogP contribution in [-0.2, 0) is 5.41 Å². The lowest BCUT2D eigenvalue weighted by molar-refractivity contribution is 0.343. The molecule has 0 amide bonds. The quantitative estimate of drug-likeness (QED) is 0.112. The molecule has 0 saturated heterocycles. The van der Waals surface area contributed by atoms with E-state index in [0.717, 1.165) is 24.3 Å². The molecule has 252 valence electrons. The van der Waals surface area contributed by atoms with E-state index in [1.165, 1.54) is 106 Å². The summed E-state index contributed by atoms with van der Waals surface area (Å²) in [6.07, 6.45) is 18.1. The van der Waals surface area contributed by atoms with E-state index in [1.807, 2.05) is 12.1 Å². The number of nitrogen functional groups attached to an aromatic ring is 2. The second kappa shape index (κ2) is 14.0. The van der Waals surface area contributed by atoms with Crippen molar-refractivity contribution in [1.29, 1.82) is 0 Å². The minimum atomic E-state index is -0.0962. The Hall–Kier alpha value is -4.32. The van der Waals surface area contributed by atoms with E-state index in [9.17, 15) is 10.2 Å². The molecule has 3 aliphatic rings. The first-order valence-corrected chi connectivity index (χ1v) is 18.2. The molecule has 0 heterocycles. The van der Waals surface area contributed by atoms with Crippen LogP contribution in [0.3, 0.4) is 0 Å². The molecule has 6 N–H and O–H groups in total. The molecule has 4 aromatic carbocycles. The van der Waals surface area contributed by atoms with E-state index >= 15 is 0 Å². The highest BCUT2D eigenvalue weighted by molar-refractivity contribution is 5.58. The highest BCUT2D eigenvalue weighted by Crippen LogP contribution is 2.50. The van der Waals surface area contributed by atoms with Gasteiger partial charge in [0.1, 0.15) is 34.5 Å². The molecule has 6 heteroatoms. The van der Waals surface area contributed by atoms with Crippen molar-refractivity contribution in [1.82, 2.24) is 0 Å².